The number of halogens is 4. The predicted molar refractivity (Wildman–Crippen MR) is 176 cm³/mol. The van der Waals surface area contributed by atoms with E-state index in [-0.39, 0.29) is 82.2 Å². The third kappa shape index (κ3) is 5.64. The molecule has 2 N–H and O–H groups in total. The van der Waals surface area contributed by atoms with Crippen LogP contribution in [0.2, 0.25) is 0 Å². The van der Waals surface area contributed by atoms with Crippen LogP contribution in [0.25, 0.3) is 32.9 Å². The zero-order valence-electron chi connectivity index (χ0n) is 27.3. The monoisotopic (exact) mass is 679 g/mol. The molecule has 4 atom stereocenters. The molecule has 0 bridgehead atoms. The van der Waals surface area contributed by atoms with Crippen LogP contribution in [0.1, 0.15) is 44.1 Å². The van der Waals surface area contributed by atoms with E-state index in [2.05, 4.69) is 20.9 Å². The maximum Gasteiger partial charge on any atom is 0.319 e. The van der Waals surface area contributed by atoms with E-state index in [1.807, 2.05) is 11.9 Å². The number of methoxy groups -OCH3 is 1. The number of nitrogens with zero attached hydrogens (tertiary/aromatic N) is 5. The van der Waals surface area contributed by atoms with E-state index in [1.54, 1.807) is 4.90 Å². The van der Waals surface area contributed by atoms with Crippen LogP contribution in [-0.2, 0) is 0 Å². The summed E-state index contributed by atoms with van der Waals surface area (Å²) in [6, 6.07) is 5.09. The Hall–Kier alpha value is -4.41. The first-order valence-corrected chi connectivity index (χ1v) is 16.4. The van der Waals surface area contributed by atoms with Gasteiger partial charge >= 0.3 is 6.01 Å². The fourth-order valence-corrected chi connectivity index (χ4v) is 8.31. The lowest BCUT2D eigenvalue weighted by Gasteiger charge is -2.45. The maximum atomic E-state index is 17.0. The van der Waals surface area contributed by atoms with Crippen LogP contribution in [0, 0.1) is 29.4 Å². The molecule has 9 nitrogen and oxygen atoms in total. The number of rotatable bonds is 7. The van der Waals surface area contributed by atoms with Gasteiger partial charge in [0.05, 0.1) is 25.8 Å². The SMILES string of the molecule is C#Cc1c(F)ccc2cc(O)cc(-c3nc(OC)c4c(N5CCCC(O)(CF)C5)nc(OCC56CCCC5N(C)CC(F)C6)nc4c3F)c12. The van der Waals surface area contributed by atoms with Crippen molar-refractivity contribution in [3.8, 4) is 41.2 Å². The van der Waals surface area contributed by atoms with Gasteiger partial charge in [-0.25, -0.2) is 22.5 Å². The minimum Gasteiger partial charge on any atom is -0.508 e. The Balaban J connectivity index is 1.43. The largest absolute Gasteiger partial charge is 0.508 e. The summed E-state index contributed by atoms with van der Waals surface area (Å²) in [5.41, 5.74) is -2.90. The number of aromatic hydroxyl groups is 1. The van der Waals surface area contributed by atoms with Gasteiger partial charge < -0.3 is 24.6 Å². The number of pyridine rings is 1. The number of likely N-dealkylation sites (tertiary alicyclic amines) is 1. The molecule has 13 heteroatoms. The van der Waals surface area contributed by atoms with Gasteiger partial charge in [-0.15, -0.1) is 6.42 Å². The molecular weight excluding hydrogens is 642 g/mol. The summed E-state index contributed by atoms with van der Waals surface area (Å²) in [5.74, 6) is 0.416. The van der Waals surface area contributed by atoms with Crippen molar-refractivity contribution >= 4 is 27.5 Å². The molecule has 2 aliphatic heterocycles. The number of phenolic OH excluding ortho intramolecular Hbond substituents is 1. The standard InChI is InChI=1S/C36H37F4N5O4/c1-4-23-25(39)9-8-20-13-22(46)14-24(27(20)23)30-29(40)31-28(33(41-30)48-3)32(45-12-6-11-36(47,17-37)18-45)43-34(42-31)49-19-35-10-5-7-26(35)44(2)16-21(38)15-35/h1,8-9,13-14,21,26,46-47H,5-7,10-12,15-19H2,2-3H3. The van der Waals surface area contributed by atoms with Crippen molar-refractivity contribution in [2.24, 2.45) is 5.41 Å². The quantitative estimate of drug-likeness (QED) is 0.188. The van der Waals surface area contributed by atoms with Crippen molar-refractivity contribution in [3.05, 3.63) is 41.5 Å². The molecule has 4 unspecified atom stereocenters. The van der Waals surface area contributed by atoms with Crippen LogP contribution in [-0.4, -0.2) is 95.0 Å². The van der Waals surface area contributed by atoms with E-state index in [0.29, 0.717) is 31.3 Å². The maximum absolute atomic E-state index is 17.0. The minimum absolute atomic E-state index is 0.000487. The molecule has 4 heterocycles. The normalized spacial score (nSPS) is 25.8. The molecule has 0 spiro atoms. The Bertz CT molecular complexity index is 1990. The number of alkyl halides is 2. The molecule has 3 fully saturated rings. The highest BCUT2D eigenvalue weighted by atomic mass is 19.1. The Labute approximate surface area is 280 Å². The number of aliphatic hydroxyl groups is 1. The number of piperidine rings is 2. The number of anilines is 1. The molecule has 2 aromatic carbocycles. The van der Waals surface area contributed by atoms with Gasteiger partial charge in [0.15, 0.2) is 5.82 Å². The molecule has 0 amide bonds. The molecule has 1 saturated carbocycles. The van der Waals surface area contributed by atoms with Gasteiger partial charge in [0.2, 0.25) is 5.88 Å². The second-order valence-electron chi connectivity index (χ2n) is 13.7. The van der Waals surface area contributed by atoms with Crippen LogP contribution in [0.5, 0.6) is 17.6 Å². The van der Waals surface area contributed by atoms with Crippen molar-refractivity contribution in [3.63, 3.8) is 0 Å². The average Bonchev–Trinajstić information content (AvgIpc) is 3.51. The Morgan fingerprint density at radius 3 is 2.69 bits per heavy atom. The molecule has 4 aromatic rings. The highest BCUT2D eigenvalue weighted by molar-refractivity contribution is 6.04. The van der Waals surface area contributed by atoms with Gasteiger partial charge in [0.25, 0.3) is 0 Å². The lowest BCUT2D eigenvalue weighted by Crippen LogP contribution is -2.54. The molecule has 258 valence electrons. The number of benzene rings is 2. The molecule has 2 aromatic heterocycles. The first-order valence-electron chi connectivity index (χ1n) is 16.4. The summed E-state index contributed by atoms with van der Waals surface area (Å²) in [6.45, 7) is -0.372. The first kappa shape index (κ1) is 33.1. The second kappa shape index (κ2) is 12.5. The summed E-state index contributed by atoms with van der Waals surface area (Å²) >= 11 is 0. The van der Waals surface area contributed by atoms with E-state index < -0.39 is 35.5 Å². The van der Waals surface area contributed by atoms with Gasteiger partial charge in [-0.2, -0.15) is 9.97 Å². The molecular formula is C36H37F4N5O4. The fourth-order valence-electron chi connectivity index (χ4n) is 8.31. The van der Waals surface area contributed by atoms with Crippen LogP contribution in [0.3, 0.4) is 0 Å². The third-order valence-electron chi connectivity index (χ3n) is 10.5. The van der Waals surface area contributed by atoms with Crippen LogP contribution >= 0.6 is 0 Å². The van der Waals surface area contributed by atoms with Crippen molar-refractivity contribution in [1.82, 2.24) is 19.9 Å². The molecule has 7 rings (SSSR count). The summed E-state index contributed by atoms with van der Waals surface area (Å²) in [6.07, 6.45) is 8.15. The van der Waals surface area contributed by atoms with E-state index in [0.717, 1.165) is 25.3 Å². The number of hydrogen-bond donors (Lipinski definition) is 2. The van der Waals surface area contributed by atoms with Crippen molar-refractivity contribution in [1.29, 1.82) is 0 Å². The molecule has 0 radical (unpaired) electrons. The van der Waals surface area contributed by atoms with Crippen molar-refractivity contribution < 1.29 is 37.2 Å². The Morgan fingerprint density at radius 1 is 1.12 bits per heavy atom. The van der Waals surface area contributed by atoms with Gasteiger partial charge in [-0.3, -0.25) is 4.90 Å². The summed E-state index contributed by atoms with van der Waals surface area (Å²) < 4.78 is 72.9. The Morgan fingerprint density at radius 2 is 1.94 bits per heavy atom. The lowest BCUT2D eigenvalue weighted by molar-refractivity contribution is -0.0245. The highest BCUT2D eigenvalue weighted by Gasteiger charge is 2.50. The van der Waals surface area contributed by atoms with Gasteiger partial charge in [-0.05, 0) is 62.7 Å². The molecule has 49 heavy (non-hydrogen) atoms. The lowest BCUT2D eigenvalue weighted by atomic mass is 9.75. The number of fused-ring (bicyclic) bond motifs is 3. The number of phenols is 1. The van der Waals surface area contributed by atoms with E-state index in [1.165, 1.54) is 25.3 Å². The zero-order valence-corrected chi connectivity index (χ0v) is 27.3. The van der Waals surface area contributed by atoms with Crippen LogP contribution in [0.15, 0.2) is 24.3 Å². The number of β-amino-alcohol motifs (C(OH)–C–C–N with tert-alkyl or cyclic N) is 1. The minimum atomic E-state index is -1.66. The zero-order chi connectivity index (χ0) is 34.7. The van der Waals surface area contributed by atoms with Crippen LogP contribution in [0.4, 0.5) is 23.4 Å². The van der Waals surface area contributed by atoms with Crippen molar-refractivity contribution in [2.75, 3.05) is 52.0 Å². The van der Waals surface area contributed by atoms with E-state index >= 15 is 4.39 Å². The van der Waals surface area contributed by atoms with Gasteiger partial charge in [-0.1, -0.05) is 18.4 Å². The van der Waals surface area contributed by atoms with E-state index in [4.69, 9.17) is 15.9 Å². The molecule has 3 aliphatic rings. The van der Waals surface area contributed by atoms with Gasteiger partial charge in [0, 0.05) is 35.5 Å². The summed E-state index contributed by atoms with van der Waals surface area (Å²) in [4.78, 5) is 17.3. The number of hydrogen-bond acceptors (Lipinski definition) is 9. The molecule has 2 saturated heterocycles. The second-order valence-corrected chi connectivity index (χ2v) is 13.7. The van der Waals surface area contributed by atoms with Crippen molar-refractivity contribution in [2.45, 2.75) is 56.3 Å². The fraction of sp³-hybridized carbons (Fsp3) is 0.472. The topological polar surface area (TPSA) is 104 Å². The number of ether oxygens (including phenoxy) is 2. The third-order valence-corrected chi connectivity index (χ3v) is 10.5. The summed E-state index contributed by atoms with van der Waals surface area (Å²) in [7, 11) is 3.23. The van der Waals surface area contributed by atoms with E-state index in [9.17, 15) is 23.4 Å². The summed E-state index contributed by atoms with van der Waals surface area (Å²) in [5, 5.41) is 22.1. The average molecular weight is 680 g/mol. The smallest absolute Gasteiger partial charge is 0.319 e. The number of terminal acetylenes is 1. The predicted octanol–water partition coefficient (Wildman–Crippen LogP) is 5.71. The van der Waals surface area contributed by atoms with Gasteiger partial charge in [0.1, 0.15) is 52.4 Å². The Kier molecular flexibility index (Phi) is 8.43. The van der Waals surface area contributed by atoms with Crippen LogP contribution < -0.4 is 14.4 Å². The highest BCUT2D eigenvalue weighted by Crippen LogP contribution is 2.49. The first-order chi connectivity index (χ1) is 23.5. The number of aromatic nitrogens is 3. The molecule has 1 aliphatic carbocycles.